The monoisotopic (exact) mass is 343 g/mol. The van der Waals surface area contributed by atoms with Gasteiger partial charge in [0.05, 0.1) is 17.0 Å². The molecule has 0 bridgehead atoms. The summed E-state index contributed by atoms with van der Waals surface area (Å²) in [7, 11) is 0. The minimum absolute atomic E-state index is 0.0486. The first kappa shape index (κ1) is 17.9. The van der Waals surface area contributed by atoms with Crippen LogP contribution in [0.4, 0.5) is 18.9 Å². The molecule has 1 unspecified atom stereocenters. The van der Waals surface area contributed by atoms with Crippen LogP contribution in [0.2, 0.25) is 0 Å². The van der Waals surface area contributed by atoms with Crippen LogP contribution in [0.25, 0.3) is 0 Å². The number of halogens is 3. The van der Waals surface area contributed by atoms with Crippen LogP contribution in [-0.2, 0) is 18.3 Å². The number of nitrogens with zero attached hydrogens (tertiary/aromatic N) is 3. The van der Waals surface area contributed by atoms with Gasteiger partial charge in [-0.15, -0.1) is 0 Å². The summed E-state index contributed by atoms with van der Waals surface area (Å²) in [5, 5.41) is 25.6. The second-order valence-corrected chi connectivity index (χ2v) is 5.79. The number of aromatic nitrogens is 2. The topological polar surface area (TPSA) is 81.2 Å². The molecule has 130 valence electrons. The van der Waals surface area contributed by atoms with E-state index in [2.05, 4.69) is 5.10 Å². The van der Waals surface area contributed by atoms with E-state index >= 15 is 0 Å². The maximum Gasteiger partial charge on any atom is 0.416 e. The Balaban J connectivity index is 2.39. The number of benzene rings is 1. The summed E-state index contributed by atoms with van der Waals surface area (Å²) in [6.45, 7) is 4.06. The van der Waals surface area contributed by atoms with Gasteiger partial charge in [-0.25, -0.2) is 0 Å². The van der Waals surface area contributed by atoms with Crippen LogP contribution in [0.3, 0.4) is 0 Å². The molecule has 1 atom stereocenters. The molecule has 6 nitrogen and oxygen atoms in total. The summed E-state index contributed by atoms with van der Waals surface area (Å²) < 4.78 is 39.7. The first-order chi connectivity index (χ1) is 10.9. The van der Waals surface area contributed by atoms with E-state index < -0.39 is 22.3 Å². The highest BCUT2D eigenvalue weighted by molar-refractivity contribution is 5.39. The number of rotatable bonds is 4. The first-order valence-electron chi connectivity index (χ1n) is 7.02. The van der Waals surface area contributed by atoms with E-state index in [1.807, 2.05) is 0 Å². The Hall–Kier alpha value is -2.42. The fraction of sp³-hybridized carbons (Fsp3) is 0.400. The lowest BCUT2D eigenvalue weighted by molar-refractivity contribution is -0.386. The molecule has 1 aromatic carbocycles. The molecule has 0 spiro atoms. The van der Waals surface area contributed by atoms with E-state index in [0.29, 0.717) is 0 Å². The summed E-state index contributed by atoms with van der Waals surface area (Å²) in [5.41, 5.74) is -2.28. The molecular weight excluding hydrogens is 327 g/mol. The van der Waals surface area contributed by atoms with Crippen molar-refractivity contribution in [1.82, 2.24) is 9.78 Å². The highest BCUT2D eigenvalue weighted by atomic mass is 19.4. The Kier molecular flexibility index (Phi) is 4.40. The molecule has 1 N–H and O–H groups in total. The Morgan fingerprint density at radius 1 is 1.29 bits per heavy atom. The molecule has 9 heteroatoms. The van der Waals surface area contributed by atoms with E-state index in [-0.39, 0.29) is 29.2 Å². The molecule has 0 aliphatic heterocycles. The largest absolute Gasteiger partial charge is 0.416 e. The van der Waals surface area contributed by atoms with Gasteiger partial charge in [-0.05, 0) is 38.5 Å². The molecule has 1 heterocycles. The SMILES string of the molecule is Cc1nn(CC(C)(O)c2cccc(C(F)(F)F)c2)c(C)c1[N+](=O)[O-]. The van der Waals surface area contributed by atoms with Crippen molar-refractivity contribution in [2.24, 2.45) is 0 Å². The molecule has 0 radical (unpaired) electrons. The van der Waals surface area contributed by atoms with Crippen LogP contribution in [-0.4, -0.2) is 19.8 Å². The molecule has 0 aliphatic carbocycles. The summed E-state index contributed by atoms with van der Waals surface area (Å²) in [5.74, 6) is 0. The third-order valence-electron chi connectivity index (χ3n) is 3.80. The van der Waals surface area contributed by atoms with Crippen LogP contribution in [0, 0.1) is 24.0 Å². The molecule has 0 saturated carbocycles. The van der Waals surface area contributed by atoms with Gasteiger partial charge in [0, 0.05) is 0 Å². The van der Waals surface area contributed by atoms with Crippen LogP contribution < -0.4 is 0 Å². The van der Waals surface area contributed by atoms with Crippen LogP contribution in [0.15, 0.2) is 24.3 Å². The highest BCUT2D eigenvalue weighted by Gasteiger charge is 2.34. The van der Waals surface area contributed by atoms with Gasteiger partial charge >= 0.3 is 11.9 Å². The Morgan fingerprint density at radius 3 is 2.38 bits per heavy atom. The summed E-state index contributed by atoms with van der Waals surface area (Å²) in [4.78, 5) is 10.4. The maximum absolute atomic E-state index is 12.8. The minimum atomic E-state index is -4.52. The fourth-order valence-electron chi connectivity index (χ4n) is 2.52. The van der Waals surface area contributed by atoms with Gasteiger partial charge in [-0.1, -0.05) is 12.1 Å². The fourth-order valence-corrected chi connectivity index (χ4v) is 2.52. The quantitative estimate of drug-likeness (QED) is 0.682. The van der Waals surface area contributed by atoms with Crippen molar-refractivity contribution >= 4 is 5.69 Å². The molecule has 2 aromatic rings. The number of nitro groups is 1. The molecule has 0 aliphatic rings. The zero-order valence-electron chi connectivity index (χ0n) is 13.3. The van der Waals surface area contributed by atoms with E-state index in [0.717, 1.165) is 12.1 Å². The van der Waals surface area contributed by atoms with E-state index in [4.69, 9.17) is 0 Å². The predicted molar refractivity (Wildman–Crippen MR) is 79.4 cm³/mol. The average Bonchev–Trinajstić information content (AvgIpc) is 2.72. The molecule has 0 fully saturated rings. The van der Waals surface area contributed by atoms with Crippen LogP contribution in [0.1, 0.15) is 29.4 Å². The normalized spacial score (nSPS) is 14.5. The molecule has 0 amide bonds. The van der Waals surface area contributed by atoms with Crippen molar-refractivity contribution in [3.8, 4) is 0 Å². The van der Waals surface area contributed by atoms with Gasteiger partial charge in [0.2, 0.25) is 0 Å². The number of alkyl halides is 3. The number of aliphatic hydroxyl groups is 1. The van der Waals surface area contributed by atoms with Crippen molar-refractivity contribution in [2.45, 2.75) is 39.1 Å². The third-order valence-corrected chi connectivity index (χ3v) is 3.80. The van der Waals surface area contributed by atoms with E-state index in [9.17, 15) is 28.4 Å². The van der Waals surface area contributed by atoms with E-state index in [1.54, 1.807) is 0 Å². The molecular formula is C15H16F3N3O3. The Labute approximate surface area is 135 Å². The summed E-state index contributed by atoms with van der Waals surface area (Å²) in [6.07, 6.45) is -4.52. The maximum atomic E-state index is 12.8. The first-order valence-corrected chi connectivity index (χ1v) is 7.02. The predicted octanol–water partition coefficient (Wildman–Crippen LogP) is 3.33. The van der Waals surface area contributed by atoms with Crippen molar-refractivity contribution in [2.75, 3.05) is 0 Å². The third kappa shape index (κ3) is 3.40. The minimum Gasteiger partial charge on any atom is -0.384 e. The van der Waals surface area contributed by atoms with Gasteiger partial charge in [0.25, 0.3) is 0 Å². The smallest absolute Gasteiger partial charge is 0.384 e. The van der Waals surface area contributed by atoms with Gasteiger partial charge in [0.1, 0.15) is 17.0 Å². The molecule has 24 heavy (non-hydrogen) atoms. The number of hydrogen-bond acceptors (Lipinski definition) is 4. The second kappa shape index (κ2) is 5.90. The van der Waals surface area contributed by atoms with Crippen LogP contribution >= 0.6 is 0 Å². The van der Waals surface area contributed by atoms with Crippen molar-refractivity contribution < 1.29 is 23.2 Å². The van der Waals surface area contributed by atoms with Gasteiger partial charge in [0.15, 0.2) is 0 Å². The number of hydrogen-bond donors (Lipinski definition) is 1. The molecule has 1 aromatic heterocycles. The van der Waals surface area contributed by atoms with Crippen molar-refractivity contribution in [1.29, 1.82) is 0 Å². The lowest BCUT2D eigenvalue weighted by atomic mass is 9.94. The van der Waals surface area contributed by atoms with Gasteiger partial charge in [-0.3, -0.25) is 14.8 Å². The summed E-state index contributed by atoms with van der Waals surface area (Å²) in [6, 6.07) is 4.35. The zero-order chi connectivity index (χ0) is 18.3. The standard InChI is InChI=1S/C15H16F3N3O3/c1-9-13(21(23)24)10(2)20(19-9)8-14(3,22)11-5-4-6-12(7-11)15(16,17)18/h4-7,22H,8H2,1-3H3. The lowest BCUT2D eigenvalue weighted by Crippen LogP contribution is -2.29. The number of aryl methyl sites for hydroxylation is 1. The molecule has 0 saturated heterocycles. The van der Waals surface area contributed by atoms with Crippen molar-refractivity contribution in [3.63, 3.8) is 0 Å². The van der Waals surface area contributed by atoms with Crippen LogP contribution in [0.5, 0.6) is 0 Å². The Morgan fingerprint density at radius 2 is 1.88 bits per heavy atom. The van der Waals surface area contributed by atoms with Gasteiger partial charge < -0.3 is 5.11 Å². The van der Waals surface area contributed by atoms with Crippen molar-refractivity contribution in [3.05, 3.63) is 56.9 Å². The zero-order valence-corrected chi connectivity index (χ0v) is 13.3. The highest BCUT2D eigenvalue weighted by Crippen LogP contribution is 2.33. The second-order valence-electron chi connectivity index (χ2n) is 5.79. The van der Waals surface area contributed by atoms with E-state index in [1.165, 1.54) is 37.6 Å². The summed E-state index contributed by atoms with van der Waals surface area (Å²) >= 11 is 0. The molecule has 2 rings (SSSR count). The Bertz CT molecular complexity index is 782. The lowest BCUT2D eigenvalue weighted by Gasteiger charge is -2.25. The van der Waals surface area contributed by atoms with Gasteiger partial charge in [-0.2, -0.15) is 18.3 Å². The average molecular weight is 343 g/mol.